The first kappa shape index (κ1) is 18.4. The molecule has 1 aliphatic heterocycles. The molecule has 5 aromatic rings. The Hall–Kier alpha value is -4.34. The highest BCUT2D eigenvalue weighted by Gasteiger charge is 2.15. The van der Waals surface area contributed by atoms with Gasteiger partial charge in [0.2, 0.25) is 0 Å². The van der Waals surface area contributed by atoms with Gasteiger partial charge in [-0.15, -0.1) is 15.3 Å². The lowest BCUT2D eigenvalue weighted by atomic mass is 10.2. The van der Waals surface area contributed by atoms with E-state index in [2.05, 4.69) is 25.3 Å². The molecule has 0 spiro atoms. The second kappa shape index (κ2) is 7.41. The number of benzene rings is 1. The van der Waals surface area contributed by atoms with Gasteiger partial charge in [-0.2, -0.15) is 9.50 Å². The van der Waals surface area contributed by atoms with Crippen LogP contribution in [0.25, 0.3) is 28.2 Å². The third-order valence-corrected chi connectivity index (χ3v) is 5.28. The summed E-state index contributed by atoms with van der Waals surface area (Å²) in [6, 6.07) is 11.1. The fraction of sp³-hybridized carbons (Fsp3) is 0.182. The highest BCUT2D eigenvalue weighted by Crippen LogP contribution is 2.30. The summed E-state index contributed by atoms with van der Waals surface area (Å²) in [5, 5.41) is 12.8. The number of pyridine rings is 2. The molecule has 10 heteroatoms. The summed E-state index contributed by atoms with van der Waals surface area (Å²) in [6.45, 7) is 1.61. The minimum absolute atomic E-state index is 0.223. The molecule has 0 unspecified atom stereocenters. The standard InChI is InChI=1S/C22H17N7O3/c30-21-19-16(29-22(26-25-19)24-20(27-29)15-4-7-23-8-5-15)6-9-28(21)13-14-2-3-17-18(12-14)32-11-1-10-31-17/h2-9,12H,1,10-11,13H2. The summed E-state index contributed by atoms with van der Waals surface area (Å²) in [6.07, 6.45) is 5.90. The Balaban J connectivity index is 1.39. The van der Waals surface area contributed by atoms with E-state index in [1.165, 1.54) is 4.52 Å². The lowest BCUT2D eigenvalue weighted by Gasteiger charge is -2.11. The van der Waals surface area contributed by atoms with Gasteiger partial charge in [0.1, 0.15) is 5.52 Å². The van der Waals surface area contributed by atoms with E-state index in [0.717, 1.165) is 23.3 Å². The minimum Gasteiger partial charge on any atom is -0.490 e. The van der Waals surface area contributed by atoms with Crippen molar-refractivity contribution in [1.29, 1.82) is 0 Å². The molecule has 158 valence electrons. The molecule has 0 aliphatic carbocycles. The van der Waals surface area contributed by atoms with Crippen molar-refractivity contribution in [2.24, 2.45) is 0 Å². The Labute approximate surface area is 181 Å². The third-order valence-electron chi connectivity index (χ3n) is 5.28. The maximum absolute atomic E-state index is 13.1. The van der Waals surface area contributed by atoms with Crippen LogP contribution in [0, 0.1) is 0 Å². The fourth-order valence-electron chi connectivity index (χ4n) is 3.69. The van der Waals surface area contributed by atoms with Crippen LogP contribution in [-0.2, 0) is 6.54 Å². The molecule has 0 N–H and O–H groups in total. The molecular formula is C22H17N7O3. The van der Waals surface area contributed by atoms with Crippen molar-refractivity contribution in [3.63, 3.8) is 0 Å². The topological polar surface area (TPSA) is 109 Å². The molecule has 0 radical (unpaired) electrons. The van der Waals surface area contributed by atoms with E-state index in [4.69, 9.17) is 9.47 Å². The van der Waals surface area contributed by atoms with Crippen LogP contribution < -0.4 is 15.0 Å². The van der Waals surface area contributed by atoms with E-state index in [9.17, 15) is 4.79 Å². The lowest BCUT2D eigenvalue weighted by Crippen LogP contribution is -2.22. The van der Waals surface area contributed by atoms with Crippen LogP contribution in [0.5, 0.6) is 11.5 Å². The average Bonchev–Trinajstić information content (AvgIpc) is 3.14. The van der Waals surface area contributed by atoms with Crippen molar-refractivity contribution in [3.05, 3.63) is 70.9 Å². The molecule has 5 heterocycles. The normalized spacial score (nSPS) is 13.4. The predicted molar refractivity (Wildman–Crippen MR) is 115 cm³/mol. The summed E-state index contributed by atoms with van der Waals surface area (Å²) in [5.74, 6) is 2.23. The summed E-state index contributed by atoms with van der Waals surface area (Å²) < 4.78 is 14.6. The molecule has 1 aromatic carbocycles. The van der Waals surface area contributed by atoms with E-state index in [1.54, 1.807) is 29.2 Å². The Kier molecular flexibility index (Phi) is 4.27. The molecule has 32 heavy (non-hydrogen) atoms. The van der Waals surface area contributed by atoms with E-state index in [1.807, 2.05) is 30.3 Å². The van der Waals surface area contributed by atoms with Gasteiger partial charge < -0.3 is 14.0 Å². The van der Waals surface area contributed by atoms with Crippen molar-refractivity contribution in [2.45, 2.75) is 13.0 Å². The molecule has 1 aliphatic rings. The Morgan fingerprint density at radius 1 is 0.969 bits per heavy atom. The number of hydrogen-bond acceptors (Lipinski definition) is 8. The molecule has 6 rings (SSSR count). The number of nitrogens with zero attached hydrogens (tertiary/aromatic N) is 7. The minimum atomic E-state index is -0.259. The van der Waals surface area contributed by atoms with Gasteiger partial charge in [0, 0.05) is 30.6 Å². The first-order valence-electron chi connectivity index (χ1n) is 10.2. The number of hydrogen-bond donors (Lipinski definition) is 0. The second-order valence-corrected chi connectivity index (χ2v) is 7.40. The van der Waals surface area contributed by atoms with Crippen LogP contribution in [0.3, 0.4) is 0 Å². The first-order chi connectivity index (χ1) is 15.8. The maximum atomic E-state index is 13.1. The molecule has 0 saturated heterocycles. The van der Waals surface area contributed by atoms with Crippen LogP contribution in [-0.4, -0.2) is 47.6 Å². The van der Waals surface area contributed by atoms with Gasteiger partial charge in [-0.05, 0) is 35.9 Å². The average molecular weight is 427 g/mol. The van der Waals surface area contributed by atoms with Crippen LogP contribution in [0.15, 0.2) is 59.8 Å². The van der Waals surface area contributed by atoms with Gasteiger partial charge in [0.25, 0.3) is 11.3 Å². The van der Waals surface area contributed by atoms with Gasteiger partial charge in [0.15, 0.2) is 22.8 Å². The monoisotopic (exact) mass is 427 g/mol. The Morgan fingerprint density at radius 2 is 1.81 bits per heavy atom. The SMILES string of the molecule is O=c1c2nnc3nc(-c4ccncc4)nn3c2ccn1Cc1ccc2c(c1)OCCCO2. The lowest BCUT2D eigenvalue weighted by molar-refractivity contribution is 0.297. The molecule has 0 bridgehead atoms. The Bertz CT molecular complexity index is 1510. The van der Waals surface area contributed by atoms with Gasteiger partial charge in [-0.1, -0.05) is 6.07 Å². The van der Waals surface area contributed by atoms with Crippen molar-refractivity contribution in [3.8, 4) is 22.9 Å². The van der Waals surface area contributed by atoms with E-state index in [-0.39, 0.29) is 11.1 Å². The molecule has 0 atom stereocenters. The van der Waals surface area contributed by atoms with Gasteiger partial charge in [-0.25, -0.2) is 0 Å². The first-order valence-corrected chi connectivity index (χ1v) is 10.2. The molecule has 0 saturated carbocycles. The van der Waals surface area contributed by atoms with Gasteiger partial charge in [-0.3, -0.25) is 9.78 Å². The number of ether oxygens (including phenoxy) is 2. The summed E-state index contributed by atoms with van der Waals surface area (Å²) in [5.41, 5.74) is 2.24. The summed E-state index contributed by atoms with van der Waals surface area (Å²) >= 11 is 0. The van der Waals surface area contributed by atoms with Crippen LogP contribution in [0.4, 0.5) is 0 Å². The molecule has 4 aromatic heterocycles. The third kappa shape index (κ3) is 3.13. The zero-order valence-corrected chi connectivity index (χ0v) is 16.9. The van der Waals surface area contributed by atoms with Crippen molar-refractivity contribution in [2.75, 3.05) is 13.2 Å². The number of fused-ring (bicyclic) bond motifs is 4. The highest BCUT2D eigenvalue weighted by molar-refractivity contribution is 5.75. The smallest absolute Gasteiger partial charge is 0.280 e. The second-order valence-electron chi connectivity index (χ2n) is 7.40. The van der Waals surface area contributed by atoms with Crippen molar-refractivity contribution >= 4 is 16.8 Å². The quantitative estimate of drug-likeness (QED) is 0.431. The number of aromatic nitrogens is 7. The zero-order chi connectivity index (χ0) is 21.5. The highest BCUT2D eigenvalue weighted by atomic mass is 16.5. The fourth-order valence-corrected chi connectivity index (χ4v) is 3.69. The number of rotatable bonds is 3. The van der Waals surface area contributed by atoms with Crippen LogP contribution in [0.2, 0.25) is 0 Å². The molecule has 0 fully saturated rings. The maximum Gasteiger partial charge on any atom is 0.280 e. The van der Waals surface area contributed by atoms with E-state index in [0.29, 0.717) is 42.6 Å². The largest absolute Gasteiger partial charge is 0.490 e. The van der Waals surface area contributed by atoms with Crippen molar-refractivity contribution < 1.29 is 9.47 Å². The van der Waals surface area contributed by atoms with E-state index >= 15 is 0 Å². The summed E-state index contributed by atoms with van der Waals surface area (Å²) in [4.78, 5) is 21.6. The Morgan fingerprint density at radius 3 is 2.69 bits per heavy atom. The predicted octanol–water partition coefficient (Wildman–Crippen LogP) is 2.11. The van der Waals surface area contributed by atoms with Gasteiger partial charge >= 0.3 is 0 Å². The zero-order valence-electron chi connectivity index (χ0n) is 16.9. The van der Waals surface area contributed by atoms with E-state index < -0.39 is 0 Å². The molecular weight excluding hydrogens is 410 g/mol. The van der Waals surface area contributed by atoms with Crippen LogP contribution >= 0.6 is 0 Å². The van der Waals surface area contributed by atoms with Crippen molar-refractivity contribution in [1.82, 2.24) is 34.3 Å². The molecule has 0 amide bonds. The molecule has 10 nitrogen and oxygen atoms in total. The van der Waals surface area contributed by atoms with Gasteiger partial charge in [0.05, 0.1) is 19.8 Å². The summed E-state index contributed by atoms with van der Waals surface area (Å²) in [7, 11) is 0. The van der Waals surface area contributed by atoms with Crippen LogP contribution in [0.1, 0.15) is 12.0 Å².